The number of likely N-dealkylation sites (N-methyl/N-ethyl adjacent to an activating group) is 1. The molecule has 0 spiro atoms. The Kier molecular flexibility index (Phi) is 4.41. The van der Waals surface area contributed by atoms with E-state index in [0.29, 0.717) is 18.5 Å². The van der Waals surface area contributed by atoms with Gasteiger partial charge in [0.15, 0.2) is 0 Å². The van der Waals surface area contributed by atoms with Gasteiger partial charge in [0.1, 0.15) is 5.65 Å². The normalized spacial score (nSPS) is 21.4. The SMILES string of the molecule is CCNC(=O)N1CC[C@@H](C)C(N(C)c2ccnc3[nH]ccc23)C1. The molecule has 2 atom stereocenters. The van der Waals surface area contributed by atoms with Gasteiger partial charge in [-0.1, -0.05) is 6.92 Å². The van der Waals surface area contributed by atoms with Crippen LogP contribution in [-0.4, -0.2) is 53.6 Å². The van der Waals surface area contributed by atoms with Gasteiger partial charge < -0.3 is 20.1 Å². The molecule has 1 unspecified atom stereocenters. The predicted octanol–water partition coefficient (Wildman–Crippen LogP) is 2.44. The standard InChI is InChI=1S/C17H25N5O/c1-4-18-17(23)22-10-7-12(2)15(11-22)21(3)14-6-9-20-16-13(14)5-8-19-16/h5-6,8-9,12,15H,4,7,10-11H2,1-3H3,(H,18,23)(H,19,20)/t12-,15?/m1/s1. The average molecular weight is 315 g/mol. The third-order valence-electron chi connectivity index (χ3n) is 4.85. The smallest absolute Gasteiger partial charge is 0.317 e. The maximum absolute atomic E-state index is 12.2. The highest BCUT2D eigenvalue weighted by atomic mass is 16.2. The molecule has 23 heavy (non-hydrogen) atoms. The van der Waals surface area contributed by atoms with Crippen LogP contribution in [-0.2, 0) is 0 Å². The Labute approximate surface area is 136 Å². The lowest BCUT2D eigenvalue weighted by Crippen LogP contribution is -2.54. The van der Waals surface area contributed by atoms with E-state index in [-0.39, 0.29) is 6.03 Å². The summed E-state index contributed by atoms with van der Waals surface area (Å²) in [5.41, 5.74) is 2.06. The number of rotatable bonds is 3. The zero-order valence-electron chi connectivity index (χ0n) is 14.0. The summed E-state index contributed by atoms with van der Waals surface area (Å²) in [7, 11) is 2.12. The Bertz CT molecular complexity index is 682. The van der Waals surface area contributed by atoms with E-state index in [9.17, 15) is 4.79 Å². The number of pyridine rings is 1. The van der Waals surface area contributed by atoms with Crippen molar-refractivity contribution < 1.29 is 4.79 Å². The molecule has 0 aliphatic carbocycles. The lowest BCUT2D eigenvalue weighted by molar-refractivity contribution is 0.162. The fourth-order valence-electron chi connectivity index (χ4n) is 3.43. The number of piperidine rings is 1. The van der Waals surface area contributed by atoms with Crippen LogP contribution in [0.25, 0.3) is 11.0 Å². The third kappa shape index (κ3) is 2.98. The number of hydrogen-bond acceptors (Lipinski definition) is 3. The molecule has 1 fully saturated rings. The summed E-state index contributed by atoms with van der Waals surface area (Å²) in [6.07, 6.45) is 4.77. The van der Waals surface area contributed by atoms with Gasteiger partial charge in [-0.2, -0.15) is 0 Å². The van der Waals surface area contributed by atoms with Crippen LogP contribution in [0.5, 0.6) is 0 Å². The van der Waals surface area contributed by atoms with Gasteiger partial charge in [-0.3, -0.25) is 0 Å². The van der Waals surface area contributed by atoms with Crippen molar-refractivity contribution in [2.45, 2.75) is 26.3 Å². The number of H-pyrrole nitrogens is 1. The molecule has 0 saturated carbocycles. The first-order valence-corrected chi connectivity index (χ1v) is 8.29. The summed E-state index contributed by atoms with van der Waals surface area (Å²) in [4.78, 5) is 23.9. The van der Waals surface area contributed by atoms with Crippen molar-refractivity contribution in [2.75, 3.05) is 31.6 Å². The van der Waals surface area contributed by atoms with E-state index in [1.54, 1.807) is 0 Å². The van der Waals surface area contributed by atoms with Gasteiger partial charge in [-0.15, -0.1) is 0 Å². The van der Waals surface area contributed by atoms with Gasteiger partial charge >= 0.3 is 6.03 Å². The Balaban J connectivity index is 1.83. The summed E-state index contributed by atoms with van der Waals surface area (Å²) in [5.74, 6) is 0.535. The molecule has 3 heterocycles. The number of carbonyl (C=O) groups excluding carboxylic acids is 1. The van der Waals surface area contributed by atoms with E-state index in [1.807, 2.05) is 30.3 Å². The second-order valence-corrected chi connectivity index (χ2v) is 6.30. The summed E-state index contributed by atoms with van der Waals surface area (Å²) >= 11 is 0. The number of nitrogens with one attached hydrogen (secondary N) is 2. The lowest BCUT2D eigenvalue weighted by Gasteiger charge is -2.42. The van der Waals surface area contributed by atoms with Crippen LogP contribution in [0.3, 0.4) is 0 Å². The molecular weight excluding hydrogens is 290 g/mol. The van der Waals surface area contributed by atoms with Gasteiger partial charge in [0, 0.05) is 56.2 Å². The highest BCUT2D eigenvalue weighted by molar-refractivity contribution is 5.89. The summed E-state index contributed by atoms with van der Waals surface area (Å²) < 4.78 is 0. The minimum Gasteiger partial charge on any atom is -0.369 e. The van der Waals surface area contributed by atoms with Crippen LogP contribution in [0.15, 0.2) is 24.5 Å². The molecule has 2 aromatic heterocycles. The molecule has 124 valence electrons. The fraction of sp³-hybridized carbons (Fsp3) is 0.529. The topological polar surface area (TPSA) is 64.3 Å². The van der Waals surface area contributed by atoms with Crippen LogP contribution in [0, 0.1) is 5.92 Å². The predicted molar refractivity (Wildman–Crippen MR) is 92.7 cm³/mol. The van der Waals surface area contributed by atoms with Gasteiger partial charge in [-0.05, 0) is 31.4 Å². The first-order valence-electron chi connectivity index (χ1n) is 8.29. The first kappa shape index (κ1) is 15.6. The van der Waals surface area contributed by atoms with Crippen molar-refractivity contribution in [1.29, 1.82) is 0 Å². The number of carbonyl (C=O) groups is 1. The molecule has 6 nitrogen and oxygen atoms in total. The minimum absolute atomic E-state index is 0.0410. The van der Waals surface area contributed by atoms with Crippen LogP contribution >= 0.6 is 0 Å². The Morgan fingerprint density at radius 1 is 1.52 bits per heavy atom. The second-order valence-electron chi connectivity index (χ2n) is 6.30. The number of amides is 2. The van der Waals surface area contributed by atoms with Crippen molar-refractivity contribution in [2.24, 2.45) is 5.92 Å². The molecule has 1 saturated heterocycles. The average Bonchev–Trinajstić information content (AvgIpc) is 3.03. The number of urea groups is 1. The van der Waals surface area contributed by atoms with Gasteiger partial charge in [-0.25, -0.2) is 9.78 Å². The summed E-state index contributed by atoms with van der Waals surface area (Å²) in [6, 6.07) is 4.45. The van der Waals surface area contributed by atoms with E-state index >= 15 is 0 Å². The maximum atomic E-state index is 12.2. The molecule has 3 rings (SSSR count). The highest BCUT2D eigenvalue weighted by Crippen LogP contribution is 2.30. The largest absolute Gasteiger partial charge is 0.369 e. The van der Waals surface area contributed by atoms with Crippen molar-refractivity contribution in [3.05, 3.63) is 24.5 Å². The van der Waals surface area contributed by atoms with E-state index in [4.69, 9.17) is 0 Å². The van der Waals surface area contributed by atoms with Crippen molar-refractivity contribution in [3.63, 3.8) is 0 Å². The number of anilines is 1. The number of likely N-dealkylation sites (tertiary alicyclic amines) is 1. The van der Waals surface area contributed by atoms with Gasteiger partial charge in [0.25, 0.3) is 0 Å². The first-order chi connectivity index (χ1) is 11.1. The molecule has 1 aliphatic heterocycles. The van der Waals surface area contributed by atoms with Crippen LogP contribution in [0.1, 0.15) is 20.3 Å². The zero-order valence-corrected chi connectivity index (χ0v) is 14.0. The van der Waals surface area contributed by atoms with Crippen LogP contribution in [0.4, 0.5) is 10.5 Å². The fourth-order valence-corrected chi connectivity index (χ4v) is 3.43. The van der Waals surface area contributed by atoms with Gasteiger partial charge in [0.05, 0.1) is 0 Å². The molecule has 0 radical (unpaired) electrons. The Morgan fingerprint density at radius 2 is 2.35 bits per heavy atom. The molecule has 6 heteroatoms. The van der Waals surface area contributed by atoms with Gasteiger partial charge in [0.2, 0.25) is 0 Å². The van der Waals surface area contributed by atoms with Crippen molar-refractivity contribution in [1.82, 2.24) is 20.2 Å². The summed E-state index contributed by atoms with van der Waals surface area (Å²) in [6.45, 7) is 6.46. The number of aromatic amines is 1. The molecule has 0 bridgehead atoms. The quantitative estimate of drug-likeness (QED) is 0.914. The van der Waals surface area contributed by atoms with E-state index in [0.717, 1.165) is 36.2 Å². The molecular formula is C17H25N5O. The molecule has 2 aromatic rings. The molecule has 2 N–H and O–H groups in total. The summed E-state index contributed by atoms with van der Waals surface area (Å²) in [5, 5.41) is 4.03. The number of aromatic nitrogens is 2. The van der Waals surface area contributed by atoms with Crippen molar-refractivity contribution >= 4 is 22.8 Å². The maximum Gasteiger partial charge on any atom is 0.317 e. The number of fused-ring (bicyclic) bond motifs is 1. The van der Waals surface area contributed by atoms with Crippen LogP contribution in [0.2, 0.25) is 0 Å². The molecule has 0 aromatic carbocycles. The zero-order chi connectivity index (χ0) is 16.4. The highest BCUT2D eigenvalue weighted by Gasteiger charge is 2.32. The van der Waals surface area contributed by atoms with Crippen molar-refractivity contribution in [3.8, 4) is 0 Å². The second kappa shape index (κ2) is 6.48. The van der Waals surface area contributed by atoms with E-state index in [2.05, 4.69) is 40.2 Å². The van der Waals surface area contributed by atoms with E-state index in [1.165, 1.54) is 0 Å². The number of nitrogens with zero attached hydrogens (tertiary/aromatic N) is 3. The Morgan fingerprint density at radius 3 is 3.13 bits per heavy atom. The monoisotopic (exact) mass is 315 g/mol. The number of hydrogen-bond donors (Lipinski definition) is 2. The lowest BCUT2D eigenvalue weighted by atomic mass is 9.92. The minimum atomic E-state index is 0.0410. The Hall–Kier alpha value is -2.24. The third-order valence-corrected chi connectivity index (χ3v) is 4.85. The molecule has 1 aliphatic rings. The van der Waals surface area contributed by atoms with E-state index < -0.39 is 0 Å². The molecule has 2 amide bonds. The van der Waals surface area contributed by atoms with Crippen LogP contribution < -0.4 is 10.2 Å².